The molecule has 0 aliphatic carbocycles. The minimum absolute atomic E-state index is 0.268. The van der Waals surface area contributed by atoms with E-state index in [9.17, 15) is 4.79 Å². The summed E-state index contributed by atoms with van der Waals surface area (Å²) >= 11 is 0. The molecule has 23 heavy (non-hydrogen) atoms. The molecule has 3 heterocycles. The second kappa shape index (κ2) is 7.77. The lowest BCUT2D eigenvalue weighted by Gasteiger charge is -2.27. The third-order valence-corrected chi connectivity index (χ3v) is 4.94. The maximum atomic E-state index is 12.2. The molecule has 0 spiro atoms. The summed E-state index contributed by atoms with van der Waals surface area (Å²) in [6.45, 7) is 6.66. The van der Waals surface area contributed by atoms with Crippen LogP contribution >= 0.6 is 0 Å². The molecule has 1 unspecified atom stereocenters. The Labute approximate surface area is 138 Å². The Morgan fingerprint density at radius 3 is 2.83 bits per heavy atom. The lowest BCUT2D eigenvalue weighted by Crippen LogP contribution is -2.34. The van der Waals surface area contributed by atoms with E-state index in [-0.39, 0.29) is 5.97 Å². The average Bonchev–Trinajstić information content (AvgIpc) is 3.00. The molecule has 1 aromatic heterocycles. The third kappa shape index (κ3) is 3.83. The van der Waals surface area contributed by atoms with Crippen LogP contribution in [-0.2, 0) is 4.74 Å². The Kier molecular flexibility index (Phi) is 5.49. The predicted octanol–water partition coefficient (Wildman–Crippen LogP) is 2.71. The highest BCUT2D eigenvalue weighted by atomic mass is 16.5. The van der Waals surface area contributed by atoms with Crippen LogP contribution in [0.3, 0.4) is 0 Å². The Bertz CT molecular complexity index is 529. The second-order valence-electron chi connectivity index (χ2n) is 6.41. The summed E-state index contributed by atoms with van der Waals surface area (Å²) in [4.78, 5) is 21.6. The van der Waals surface area contributed by atoms with Crippen LogP contribution < -0.4 is 4.90 Å². The molecule has 2 aliphatic heterocycles. The van der Waals surface area contributed by atoms with Gasteiger partial charge in [-0.2, -0.15) is 0 Å². The highest BCUT2D eigenvalue weighted by Crippen LogP contribution is 2.25. The van der Waals surface area contributed by atoms with Crippen molar-refractivity contribution in [1.29, 1.82) is 0 Å². The summed E-state index contributed by atoms with van der Waals surface area (Å²) in [6.07, 6.45) is 8.00. The van der Waals surface area contributed by atoms with Crippen LogP contribution in [0.25, 0.3) is 0 Å². The van der Waals surface area contributed by atoms with Gasteiger partial charge in [-0.25, -0.2) is 9.78 Å². The van der Waals surface area contributed by atoms with Gasteiger partial charge in [0.15, 0.2) is 0 Å². The Balaban J connectivity index is 1.71. The van der Waals surface area contributed by atoms with Gasteiger partial charge in [-0.15, -0.1) is 0 Å². The van der Waals surface area contributed by atoms with E-state index in [0.29, 0.717) is 18.2 Å². The number of hydrogen-bond donors (Lipinski definition) is 0. The van der Waals surface area contributed by atoms with Gasteiger partial charge in [0, 0.05) is 25.3 Å². The van der Waals surface area contributed by atoms with Gasteiger partial charge in [-0.1, -0.05) is 0 Å². The molecule has 2 aliphatic rings. The second-order valence-corrected chi connectivity index (χ2v) is 6.41. The van der Waals surface area contributed by atoms with Crippen molar-refractivity contribution in [2.24, 2.45) is 0 Å². The number of pyridine rings is 1. The Hall–Kier alpha value is -1.62. The van der Waals surface area contributed by atoms with Gasteiger partial charge >= 0.3 is 5.97 Å². The van der Waals surface area contributed by atoms with E-state index in [1.54, 1.807) is 12.3 Å². The first-order valence-electron chi connectivity index (χ1n) is 8.90. The lowest BCUT2D eigenvalue weighted by atomic mass is 10.1. The minimum atomic E-state index is -0.268. The Morgan fingerprint density at radius 1 is 1.22 bits per heavy atom. The molecule has 1 aromatic rings. The van der Waals surface area contributed by atoms with Crippen molar-refractivity contribution >= 4 is 11.8 Å². The van der Waals surface area contributed by atoms with Crippen molar-refractivity contribution in [2.45, 2.75) is 45.1 Å². The molecule has 0 bridgehead atoms. The average molecular weight is 317 g/mol. The standard InChI is InChI=1S/C18H27N3O2/c1-2-23-18(22)16-8-5-10-19-17(16)21-13-6-7-15(9-14-21)20-11-3-4-12-20/h5,8,10,15H,2-4,6-7,9,11-14H2,1H3. The number of esters is 1. The van der Waals surface area contributed by atoms with Crippen LogP contribution in [0.4, 0.5) is 5.82 Å². The molecule has 3 rings (SSSR count). The number of aromatic nitrogens is 1. The fraction of sp³-hybridized carbons (Fsp3) is 0.667. The van der Waals surface area contributed by atoms with Crippen molar-refractivity contribution in [3.05, 3.63) is 23.9 Å². The molecule has 2 saturated heterocycles. The highest BCUT2D eigenvalue weighted by molar-refractivity contribution is 5.94. The smallest absolute Gasteiger partial charge is 0.341 e. The summed E-state index contributed by atoms with van der Waals surface area (Å²) < 4.78 is 5.18. The van der Waals surface area contributed by atoms with Gasteiger partial charge < -0.3 is 14.5 Å². The molecule has 1 atom stereocenters. The number of carbonyl (C=O) groups is 1. The fourth-order valence-electron chi connectivity index (χ4n) is 3.78. The zero-order valence-electron chi connectivity index (χ0n) is 14.0. The van der Waals surface area contributed by atoms with Crippen LogP contribution in [0.1, 0.15) is 49.4 Å². The summed E-state index contributed by atoms with van der Waals surface area (Å²) in [5.41, 5.74) is 0.592. The zero-order valence-corrected chi connectivity index (χ0v) is 14.0. The quantitative estimate of drug-likeness (QED) is 0.799. The molecular weight excluding hydrogens is 290 g/mol. The lowest BCUT2D eigenvalue weighted by molar-refractivity contribution is 0.0526. The number of anilines is 1. The molecule has 126 valence electrons. The first-order valence-corrected chi connectivity index (χ1v) is 8.90. The van der Waals surface area contributed by atoms with E-state index < -0.39 is 0 Å². The number of ether oxygens (including phenoxy) is 1. The maximum Gasteiger partial charge on any atom is 0.341 e. The topological polar surface area (TPSA) is 45.7 Å². The van der Waals surface area contributed by atoms with Crippen LogP contribution in [0.15, 0.2) is 18.3 Å². The summed E-state index contributed by atoms with van der Waals surface area (Å²) in [6, 6.07) is 4.32. The third-order valence-electron chi connectivity index (χ3n) is 4.94. The number of nitrogens with zero attached hydrogens (tertiary/aromatic N) is 3. The molecule has 0 radical (unpaired) electrons. The van der Waals surface area contributed by atoms with Gasteiger partial charge in [0.05, 0.1) is 6.61 Å². The summed E-state index contributed by atoms with van der Waals surface area (Å²) in [5, 5.41) is 0. The molecule has 0 N–H and O–H groups in total. The van der Waals surface area contributed by atoms with Crippen molar-refractivity contribution in [3.63, 3.8) is 0 Å². The van der Waals surface area contributed by atoms with Crippen molar-refractivity contribution in [3.8, 4) is 0 Å². The predicted molar refractivity (Wildman–Crippen MR) is 90.9 cm³/mol. The first kappa shape index (κ1) is 16.2. The first-order chi connectivity index (χ1) is 11.3. The molecule has 0 aromatic carbocycles. The van der Waals surface area contributed by atoms with Crippen molar-refractivity contribution < 1.29 is 9.53 Å². The van der Waals surface area contributed by atoms with Crippen molar-refractivity contribution in [1.82, 2.24) is 9.88 Å². The molecule has 2 fully saturated rings. The van der Waals surface area contributed by atoms with E-state index in [4.69, 9.17) is 4.74 Å². The van der Waals surface area contributed by atoms with Crippen molar-refractivity contribution in [2.75, 3.05) is 37.7 Å². The van der Waals surface area contributed by atoms with E-state index in [1.165, 1.54) is 32.4 Å². The molecule has 5 nitrogen and oxygen atoms in total. The summed E-state index contributed by atoms with van der Waals surface area (Å²) in [5.74, 6) is 0.518. The van der Waals surface area contributed by atoms with Gasteiger partial charge in [-0.05, 0) is 64.3 Å². The molecule has 0 saturated carbocycles. The normalized spacial score (nSPS) is 22.8. The number of likely N-dealkylation sites (tertiary alicyclic amines) is 1. The van der Waals surface area contributed by atoms with Crippen LogP contribution in [-0.4, -0.2) is 54.7 Å². The van der Waals surface area contributed by atoms with Crippen LogP contribution in [0.5, 0.6) is 0 Å². The van der Waals surface area contributed by atoms with Gasteiger partial charge in [0.1, 0.15) is 11.4 Å². The number of hydrogen-bond acceptors (Lipinski definition) is 5. The molecule has 0 amide bonds. The van der Waals surface area contributed by atoms with E-state index in [2.05, 4.69) is 14.8 Å². The molecule has 5 heteroatoms. The monoisotopic (exact) mass is 317 g/mol. The number of carbonyl (C=O) groups excluding carboxylic acids is 1. The van der Waals surface area contributed by atoms with Crippen LogP contribution in [0.2, 0.25) is 0 Å². The fourth-order valence-corrected chi connectivity index (χ4v) is 3.78. The van der Waals surface area contributed by atoms with Crippen LogP contribution in [0, 0.1) is 0 Å². The van der Waals surface area contributed by atoms with Gasteiger partial charge in [0.2, 0.25) is 0 Å². The van der Waals surface area contributed by atoms with Gasteiger partial charge in [-0.3, -0.25) is 0 Å². The van der Waals surface area contributed by atoms with Gasteiger partial charge in [0.25, 0.3) is 0 Å². The van der Waals surface area contributed by atoms with E-state index in [0.717, 1.165) is 31.7 Å². The SMILES string of the molecule is CCOC(=O)c1cccnc1N1CCCC(N2CCCC2)CC1. The maximum absolute atomic E-state index is 12.2. The largest absolute Gasteiger partial charge is 0.462 e. The minimum Gasteiger partial charge on any atom is -0.462 e. The highest BCUT2D eigenvalue weighted by Gasteiger charge is 2.26. The molecular formula is C18H27N3O2. The van der Waals surface area contributed by atoms with E-state index >= 15 is 0 Å². The number of rotatable bonds is 4. The zero-order chi connectivity index (χ0) is 16.1. The Morgan fingerprint density at radius 2 is 2.04 bits per heavy atom. The van der Waals surface area contributed by atoms with E-state index in [1.807, 2.05) is 13.0 Å². The summed E-state index contributed by atoms with van der Waals surface area (Å²) in [7, 11) is 0.